The van der Waals surface area contributed by atoms with Crippen LogP contribution in [-0.4, -0.2) is 59.7 Å². The van der Waals surface area contributed by atoms with E-state index in [1.165, 1.54) is 32.8 Å². The fourth-order valence-corrected chi connectivity index (χ4v) is 5.11. The van der Waals surface area contributed by atoms with Gasteiger partial charge in [-0.2, -0.15) is 0 Å². The van der Waals surface area contributed by atoms with Gasteiger partial charge in [0.15, 0.2) is 11.6 Å². The Morgan fingerprint density at radius 2 is 1.62 bits per heavy atom. The van der Waals surface area contributed by atoms with Crippen LogP contribution in [0.4, 0.5) is 5.95 Å². The number of benzene rings is 1. The summed E-state index contributed by atoms with van der Waals surface area (Å²) in [5.41, 5.74) is 2.97. The summed E-state index contributed by atoms with van der Waals surface area (Å²) in [5, 5.41) is 7.48. The molecule has 216 valence electrons. The normalized spacial score (nSPS) is 14.2. The zero-order valence-electron chi connectivity index (χ0n) is 24.5. The van der Waals surface area contributed by atoms with E-state index in [2.05, 4.69) is 52.2 Å². The van der Waals surface area contributed by atoms with Crippen LogP contribution in [0.5, 0.6) is 0 Å². The maximum atomic E-state index is 13.7. The average Bonchev–Trinajstić information content (AvgIpc) is 3.31. The van der Waals surface area contributed by atoms with Crippen molar-refractivity contribution in [3.8, 4) is 11.4 Å². The maximum Gasteiger partial charge on any atom is 0.243 e. The predicted octanol–water partition coefficient (Wildman–Crippen LogP) is 4.85. The summed E-state index contributed by atoms with van der Waals surface area (Å²) in [5.74, 6) is 1.17. The van der Waals surface area contributed by atoms with Crippen molar-refractivity contribution >= 4 is 21.7 Å². The largest absolute Gasteiger partial charge is 0.499 e. The number of hydrogen-bond acceptors (Lipinski definition) is 9. The van der Waals surface area contributed by atoms with Gasteiger partial charge in [0.2, 0.25) is 16.0 Å². The Bertz CT molecular complexity index is 1470. The van der Waals surface area contributed by atoms with Crippen LogP contribution in [0.1, 0.15) is 57.7 Å². The van der Waals surface area contributed by atoms with Crippen molar-refractivity contribution in [1.29, 1.82) is 0 Å². The minimum atomic E-state index is -4.11. The molecule has 40 heavy (non-hydrogen) atoms. The van der Waals surface area contributed by atoms with Crippen molar-refractivity contribution in [2.45, 2.75) is 58.3 Å². The van der Waals surface area contributed by atoms with Gasteiger partial charge in [-0.15, -0.1) is 10.2 Å². The van der Waals surface area contributed by atoms with E-state index >= 15 is 0 Å². The maximum absolute atomic E-state index is 13.7. The Hall–Kier alpha value is -3.77. The molecule has 2 atom stereocenters. The van der Waals surface area contributed by atoms with Gasteiger partial charge < -0.3 is 14.2 Å². The first kappa shape index (κ1) is 30.8. The van der Waals surface area contributed by atoms with Gasteiger partial charge in [-0.3, -0.25) is 9.29 Å². The fraction of sp³-hybridized carbons (Fsp3) is 0.429. The van der Waals surface area contributed by atoms with Crippen LogP contribution in [-0.2, 0) is 29.6 Å². The van der Waals surface area contributed by atoms with Crippen molar-refractivity contribution < 1.29 is 22.6 Å². The highest BCUT2D eigenvalue weighted by Crippen LogP contribution is 2.33. The second kappa shape index (κ2) is 12.2. The molecule has 0 bridgehead atoms. The number of anilines is 1. The summed E-state index contributed by atoms with van der Waals surface area (Å²) >= 11 is 0. The highest BCUT2D eigenvalue weighted by atomic mass is 32.2. The average molecular weight is 571 g/mol. The van der Waals surface area contributed by atoms with Gasteiger partial charge in [0.05, 0.1) is 14.2 Å². The number of aryl methyl sites for hydroxylation is 1. The summed E-state index contributed by atoms with van der Waals surface area (Å²) < 4.78 is 47.9. The van der Waals surface area contributed by atoms with Crippen LogP contribution in [0, 0.1) is 6.92 Å². The smallest absolute Gasteiger partial charge is 0.243 e. The van der Waals surface area contributed by atoms with E-state index < -0.39 is 21.4 Å². The molecule has 0 unspecified atom stereocenters. The molecule has 0 radical (unpaired) electrons. The van der Waals surface area contributed by atoms with Gasteiger partial charge in [-0.1, -0.05) is 51.6 Å². The minimum Gasteiger partial charge on any atom is -0.499 e. The van der Waals surface area contributed by atoms with Gasteiger partial charge in [0.25, 0.3) is 0 Å². The number of nitrogens with zero attached hydrogens (tertiary/aromatic N) is 5. The number of hydrogen-bond donors (Lipinski definition) is 1. The van der Waals surface area contributed by atoms with Crippen LogP contribution < -0.4 is 4.72 Å². The molecule has 2 aromatic heterocycles. The van der Waals surface area contributed by atoms with E-state index in [1.807, 2.05) is 31.2 Å². The zero-order valence-corrected chi connectivity index (χ0v) is 25.3. The number of aromatic nitrogens is 5. The predicted molar refractivity (Wildman–Crippen MR) is 155 cm³/mol. The summed E-state index contributed by atoms with van der Waals surface area (Å²) in [7, 11) is 0.258. The summed E-state index contributed by atoms with van der Waals surface area (Å²) in [6.07, 6.45) is 2.27. The number of rotatable bonds is 11. The van der Waals surface area contributed by atoms with Gasteiger partial charge in [0.1, 0.15) is 28.6 Å². The quantitative estimate of drug-likeness (QED) is 0.254. The summed E-state index contributed by atoms with van der Waals surface area (Å²) in [4.78, 5) is 8.52. The minimum absolute atomic E-state index is 0.0514. The fourth-order valence-electron chi connectivity index (χ4n) is 3.98. The number of nitrogens with one attached hydrogen (secondary N) is 1. The molecular formula is C28H38N6O5S. The van der Waals surface area contributed by atoms with E-state index in [1.54, 1.807) is 19.3 Å². The van der Waals surface area contributed by atoms with Crippen LogP contribution in [0.25, 0.3) is 17.1 Å². The highest BCUT2D eigenvalue weighted by molar-refractivity contribution is 7.93. The van der Waals surface area contributed by atoms with Crippen molar-refractivity contribution in [1.82, 2.24) is 24.7 Å². The Kier molecular flexibility index (Phi) is 9.36. The lowest BCUT2D eigenvalue weighted by Gasteiger charge is -2.23. The zero-order chi connectivity index (χ0) is 29.8. The van der Waals surface area contributed by atoms with E-state index in [4.69, 9.17) is 14.2 Å². The van der Waals surface area contributed by atoms with Gasteiger partial charge in [-0.25, -0.2) is 18.4 Å². The molecule has 12 heteroatoms. The molecule has 3 aromatic rings. The Balaban J connectivity index is 2.15. The topological polar surface area (TPSA) is 130 Å². The molecule has 0 aliphatic heterocycles. The molecule has 3 rings (SSSR count). The molecule has 1 N–H and O–H groups in total. The van der Waals surface area contributed by atoms with Crippen molar-refractivity contribution in [3.05, 3.63) is 71.7 Å². The molecule has 11 nitrogen and oxygen atoms in total. The number of sulfonamides is 1. The molecule has 2 heterocycles. The van der Waals surface area contributed by atoms with E-state index in [9.17, 15) is 8.42 Å². The first-order chi connectivity index (χ1) is 18.7. The second-order valence-electron chi connectivity index (χ2n) is 10.4. The number of allylic oxidation sites excluding steroid dienone is 2. The highest BCUT2D eigenvalue weighted by Gasteiger charge is 2.35. The lowest BCUT2D eigenvalue weighted by atomic mass is 9.86. The summed E-state index contributed by atoms with van der Waals surface area (Å²) in [6, 6.07) is 7.82. The molecule has 0 saturated carbocycles. The van der Waals surface area contributed by atoms with Crippen molar-refractivity contribution in [3.63, 3.8) is 0 Å². The van der Waals surface area contributed by atoms with Crippen molar-refractivity contribution in [2.24, 2.45) is 0 Å². The number of methoxy groups -OCH3 is 3. The standard InChI is InChI=1S/C28H38N6O5S/c1-17-15-29-25(30-16-17)24(39-10)20(4)40(35,36)33-27-32-31-26(21-11-13-22(14-12-21)28(5,6)7)34(27)23(18(2)37-8)19(3)38-9/h11-16,20,24H,2H2,1,3-10H3,(H,32,33)/b23-19-/t20-,24-/m0/s1. The third kappa shape index (κ3) is 6.50. The first-order valence-corrected chi connectivity index (χ1v) is 14.2. The van der Waals surface area contributed by atoms with Crippen LogP contribution in [0.2, 0.25) is 0 Å². The Morgan fingerprint density at radius 1 is 1.02 bits per heavy atom. The van der Waals surface area contributed by atoms with Gasteiger partial charge in [0, 0.05) is 25.1 Å². The van der Waals surface area contributed by atoms with Crippen molar-refractivity contribution in [2.75, 3.05) is 26.1 Å². The second-order valence-corrected chi connectivity index (χ2v) is 12.4. The van der Waals surface area contributed by atoms with Crippen LogP contribution in [0.15, 0.2) is 54.8 Å². The number of ether oxygens (including phenoxy) is 3. The van der Waals surface area contributed by atoms with E-state index in [-0.39, 0.29) is 22.9 Å². The molecule has 0 aliphatic rings. The molecule has 0 spiro atoms. The third-order valence-corrected chi connectivity index (χ3v) is 8.20. The van der Waals surface area contributed by atoms with E-state index in [0.29, 0.717) is 22.8 Å². The molecule has 0 saturated heterocycles. The first-order valence-electron chi connectivity index (χ1n) is 12.6. The molecule has 1 aromatic carbocycles. The monoisotopic (exact) mass is 570 g/mol. The lowest BCUT2D eigenvalue weighted by molar-refractivity contribution is 0.0949. The Labute approximate surface area is 236 Å². The molecule has 0 fully saturated rings. The van der Waals surface area contributed by atoms with Gasteiger partial charge in [-0.05, 0) is 37.3 Å². The third-order valence-electron chi connectivity index (χ3n) is 6.50. The van der Waals surface area contributed by atoms with Crippen LogP contribution >= 0.6 is 0 Å². The molecule has 0 aliphatic carbocycles. The van der Waals surface area contributed by atoms with Crippen LogP contribution in [0.3, 0.4) is 0 Å². The summed E-state index contributed by atoms with van der Waals surface area (Å²) in [6.45, 7) is 15.4. The molecular weight excluding hydrogens is 532 g/mol. The lowest BCUT2D eigenvalue weighted by Crippen LogP contribution is -2.33. The van der Waals surface area contributed by atoms with Gasteiger partial charge >= 0.3 is 0 Å². The SMILES string of the molecule is C=C(OC)/C(=C(\C)OC)n1c(NS(=O)(=O)[C@@H](C)[C@H](OC)c2ncc(C)cn2)nnc1-c1ccc(C(C)(C)C)cc1. The molecule has 0 amide bonds. The van der Waals surface area contributed by atoms with E-state index in [0.717, 1.165) is 11.1 Å². The Morgan fingerprint density at radius 3 is 2.12 bits per heavy atom.